The van der Waals surface area contributed by atoms with Gasteiger partial charge in [-0.1, -0.05) is 20.4 Å². The standard InChI is InChI=1S/C8H15N/c1-5(2)7-4-8(7)6(3)9/h5,7-8H,3-4,9H2,1-2H3. The monoisotopic (exact) mass is 125 g/mol. The first-order valence-electron chi connectivity index (χ1n) is 3.57. The van der Waals surface area contributed by atoms with Crippen LogP contribution in [0.2, 0.25) is 0 Å². The Morgan fingerprint density at radius 1 is 1.67 bits per heavy atom. The molecule has 2 atom stereocenters. The molecule has 1 aliphatic rings. The van der Waals surface area contributed by atoms with Gasteiger partial charge >= 0.3 is 0 Å². The maximum atomic E-state index is 5.53. The normalized spacial score (nSPS) is 32.8. The third-order valence-corrected chi connectivity index (χ3v) is 2.17. The molecule has 1 saturated carbocycles. The Hall–Kier alpha value is -0.460. The lowest BCUT2D eigenvalue weighted by molar-refractivity contribution is 0.536. The Kier molecular flexibility index (Phi) is 1.52. The molecular weight excluding hydrogens is 110 g/mol. The molecule has 1 heteroatoms. The first kappa shape index (κ1) is 6.66. The molecule has 1 aliphatic carbocycles. The van der Waals surface area contributed by atoms with E-state index in [1.807, 2.05) is 0 Å². The molecule has 0 aromatic rings. The number of nitrogens with two attached hydrogens (primary N) is 1. The molecule has 1 nitrogen and oxygen atoms in total. The van der Waals surface area contributed by atoms with Crippen molar-refractivity contribution in [3.8, 4) is 0 Å². The van der Waals surface area contributed by atoms with Crippen molar-refractivity contribution in [2.45, 2.75) is 20.3 Å². The molecule has 2 unspecified atom stereocenters. The average molecular weight is 125 g/mol. The van der Waals surface area contributed by atoms with Gasteiger partial charge in [-0.2, -0.15) is 0 Å². The summed E-state index contributed by atoms with van der Waals surface area (Å²) in [6.45, 7) is 8.21. The van der Waals surface area contributed by atoms with Gasteiger partial charge in [-0.25, -0.2) is 0 Å². The largest absolute Gasteiger partial charge is 0.402 e. The van der Waals surface area contributed by atoms with E-state index in [1.165, 1.54) is 6.42 Å². The molecule has 0 spiro atoms. The Bertz CT molecular complexity index is 127. The van der Waals surface area contributed by atoms with Gasteiger partial charge in [0.15, 0.2) is 0 Å². The minimum Gasteiger partial charge on any atom is -0.402 e. The number of rotatable bonds is 2. The highest BCUT2D eigenvalue weighted by molar-refractivity contribution is 5.08. The zero-order chi connectivity index (χ0) is 7.02. The van der Waals surface area contributed by atoms with Gasteiger partial charge in [0.1, 0.15) is 0 Å². The zero-order valence-electron chi connectivity index (χ0n) is 6.22. The lowest BCUT2D eigenvalue weighted by Gasteiger charge is -2.00. The van der Waals surface area contributed by atoms with Crippen molar-refractivity contribution >= 4 is 0 Å². The van der Waals surface area contributed by atoms with Crippen LogP contribution < -0.4 is 5.73 Å². The van der Waals surface area contributed by atoms with E-state index in [0.717, 1.165) is 17.5 Å². The quantitative estimate of drug-likeness (QED) is 0.597. The van der Waals surface area contributed by atoms with Crippen LogP contribution in [0.4, 0.5) is 0 Å². The molecule has 2 N–H and O–H groups in total. The molecule has 1 rings (SSSR count). The third kappa shape index (κ3) is 1.26. The van der Waals surface area contributed by atoms with Crippen molar-refractivity contribution in [3.05, 3.63) is 12.3 Å². The molecule has 1 fully saturated rings. The summed E-state index contributed by atoms with van der Waals surface area (Å²) < 4.78 is 0. The van der Waals surface area contributed by atoms with E-state index < -0.39 is 0 Å². The predicted octanol–water partition coefficient (Wildman–Crippen LogP) is 1.75. The topological polar surface area (TPSA) is 26.0 Å². The smallest absolute Gasteiger partial charge is 0.00420 e. The fraction of sp³-hybridized carbons (Fsp3) is 0.750. The second-order valence-corrected chi connectivity index (χ2v) is 3.32. The van der Waals surface area contributed by atoms with Gasteiger partial charge in [0, 0.05) is 11.6 Å². The van der Waals surface area contributed by atoms with E-state index >= 15 is 0 Å². The van der Waals surface area contributed by atoms with Crippen molar-refractivity contribution in [1.82, 2.24) is 0 Å². The number of allylic oxidation sites excluding steroid dienone is 1. The molecule has 0 bridgehead atoms. The van der Waals surface area contributed by atoms with E-state index in [-0.39, 0.29) is 0 Å². The van der Waals surface area contributed by atoms with Crippen LogP contribution in [0.25, 0.3) is 0 Å². The lowest BCUT2D eigenvalue weighted by Crippen LogP contribution is -2.01. The van der Waals surface area contributed by atoms with E-state index in [4.69, 9.17) is 5.73 Å². The van der Waals surface area contributed by atoms with E-state index in [9.17, 15) is 0 Å². The fourth-order valence-electron chi connectivity index (χ4n) is 1.38. The number of hydrogen-bond acceptors (Lipinski definition) is 1. The summed E-state index contributed by atoms with van der Waals surface area (Å²) in [5.41, 5.74) is 6.41. The summed E-state index contributed by atoms with van der Waals surface area (Å²) in [6.07, 6.45) is 1.27. The van der Waals surface area contributed by atoms with Crippen LogP contribution in [0.3, 0.4) is 0 Å². The minimum atomic E-state index is 0.644. The molecular formula is C8H15N. The lowest BCUT2D eigenvalue weighted by atomic mass is 10.1. The SMILES string of the molecule is C=C(N)C1CC1C(C)C. The Labute approximate surface area is 56.9 Å². The summed E-state index contributed by atoms with van der Waals surface area (Å²) in [6, 6.07) is 0. The second kappa shape index (κ2) is 2.05. The van der Waals surface area contributed by atoms with Crippen LogP contribution >= 0.6 is 0 Å². The predicted molar refractivity (Wildman–Crippen MR) is 39.8 cm³/mol. The maximum Gasteiger partial charge on any atom is 0.00420 e. The highest BCUT2D eigenvalue weighted by atomic mass is 14.6. The molecule has 0 aromatic heterocycles. The van der Waals surface area contributed by atoms with Gasteiger partial charge in [-0.3, -0.25) is 0 Å². The van der Waals surface area contributed by atoms with Crippen LogP contribution in [0.5, 0.6) is 0 Å². The molecule has 0 radical (unpaired) electrons. The van der Waals surface area contributed by atoms with Crippen LogP contribution in [-0.4, -0.2) is 0 Å². The summed E-state index contributed by atoms with van der Waals surface area (Å²) in [5, 5.41) is 0. The molecule has 0 heterocycles. The third-order valence-electron chi connectivity index (χ3n) is 2.17. The summed E-state index contributed by atoms with van der Waals surface area (Å²) >= 11 is 0. The Morgan fingerprint density at radius 3 is 2.33 bits per heavy atom. The van der Waals surface area contributed by atoms with Gasteiger partial charge in [0.05, 0.1) is 0 Å². The van der Waals surface area contributed by atoms with Crippen molar-refractivity contribution in [3.63, 3.8) is 0 Å². The van der Waals surface area contributed by atoms with Gasteiger partial charge in [0.25, 0.3) is 0 Å². The van der Waals surface area contributed by atoms with Crippen molar-refractivity contribution in [1.29, 1.82) is 0 Å². The Balaban J connectivity index is 2.33. The van der Waals surface area contributed by atoms with Gasteiger partial charge in [-0.15, -0.1) is 0 Å². The van der Waals surface area contributed by atoms with Crippen molar-refractivity contribution in [2.24, 2.45) is 23.5 Å². The second-order valence-electron chi connectivity index (χ2n) is 3.32. The van der Waals surface area contributed by atoms with E-state index in [1.54, 1.807) is 0 Å². The molecule has 0 amide bonds. The first-order chi connectivity index (χ1) is 4.13. The van der Waals surface area contributed by atoms with E-state index in [0.29, 0.717) is 5.92 Å². The summed E-state index contributed by atoms with van der Waals surface area (Å²) in [7, 11) is 0. The summed E-state index contributed by atoms with van der Waals surface area (Å²) in [4.78, 5) is 0. The van der Waals surface area contributed by atoms with Crippen molar-refractivity contribution in [2.75, 3.05) is 0 Å². The molecule has 9 heavy (non-hydrogen) atoms. The minimum absolute atomic E-state index is 0.644. The van der Waals surface area contributed by atoms with Crippen molar-refractivity contribution < 1.29 is 0 Å². The highest BCUT2D eigenvalue weighted by Gasteiger charge is 2.39. The molecule has 0 saturated heterocycles. The highest BCUT2D eigenvalue weighted by Crippen LogP contribution is 2.46. The first-order valence-corrected chi connectivity index (χ1v) is 3.57. The van der Waals surface area contributed by atoms with E-state index in [2.05, 4.69) is 20.4 Å². The Morgan fingerprint density at radius 2 is 2.22 bits per heavy atom. The van der Waals surface area contributed by atoms with Crippen LogP contribution in [0, 0.1) is 17.8 Å². The molecule has 0 aliphatic heterocycles. The fourth-order valence-corrected chi connectivity index (χ4v) is 1.38. The van der Waals surface area contributed by atoms with Crippen LogP contribution in [0.15, 0.2) is 12.3 Å². The van der Waals surface area contributed by atoms with Gasteiger partial charge in [0.2, 0.25) is 0 Å². The van der Waals surface area contributed by atoms with Gasteiger partial charge < -0.3 is 5.73 Å². The van der Waals surface area contributed by atoms with Gasteiger partial charge in [-0.05, 0) is 18.3 Å². The zero-order valence-corrected chi connectivity index (χ0v) is 6.22. The van der Waals surface area contributed by atoms with Crippen LogP contribution in [0.1, 0.15) is 20.3 Å². The summed E-state index contributed by atoms with van der Waals surface area (Å²) in [5.74, 6) is 2.27. The number of hydrogen-bond donors (Lipinski definition) is 1. The maximum absolute atomic E-state index is 5.53. The molecule has 52 valence electrons. The van der Waals surface area contributed by atoms with Crippen LogP contribution in [-0.2, 0) is 0 Å². The average Bonchev–Trinajstić information content (AvgIpc) is 2.39. The molecule has 0 aromatic carbocycles.